The smallest absolute Gasteiger partial charge is 0.187 e. The molecule has 14 heavy (non-hydrogen) atoms. The maximum atomic E-state index is 5.80. The lowest BCUT2D eigenvalue weighted by atomic mass is 10.5. The molecule has 0 saturated heterocycles. The van der Waals surface area contributed by atoms with Gasteiger partial charge in [0.05, 0.1) is 6.61 Å². The Morgan fingerprint density at radius 3 is 3.00 bits per heavy atom. The van der Waals surface area contributed by atoms with Crippen molar-refractivity contribution in [3.63, 3.8) is 0 Å². The molecule has 1 heterocycles. The van der Waals surface area contributed by atoms with Crippen LogP contribution in [0.15, 0.2) is 5.38 Å². The minimum absolute atomic E-state index is 0.591. The number of ether oxygens (including phenoxy) is 1. The first-order valence-corrected chi connectivity index (χ1v) is 5.93. The molecule has 2 rings (SSSR count). The first-order chi connectivity index (χ1) is 6.81. The zero-order valence-corrected chi connectivity index (χ0v) is 9.64. The second kappa shape index (κ2) is 4.47. The summed E-state index contributed by atoms with van der Waals surface area (Å²) in [7, 11) is 1.72. The SMILES string of the molecule is COCCN(c1nc(Cl)cs1)C1CC1. The number of aromatic nitrogens is 1. The number of hydrogen-bond acceptors (Lipinski definition) is 4. The molecular formula is C9H13ClN2OS. The summed E-state index contributed by atoms with van der Waals surface area (Å²) in [6.07, 6.45) is 2.53. The van der Waals surface area contributed by atoms with Gasteiger partial charge in [0.2, 0.25) is 0 Å². The monoisotopic (exact) mass is 232 g/mol. The summed E-state index contributed by atoms with van der Waals surface area (Å²) in [5.74, 6) is 0. The first-order valence-electron chi connectivity index (χ1n) is 4.68. The summed E-state index contributed by atoms with van der Waals surface area (Å²) in [4.78, 5) is 6.57. The van der Waals surface area contributed by atoms with Crippen LogP contribution in [0.4, 0.5) is 5.13 Å². The van der Waals surface area contributed by atoms with Gasteiger partial charge in [-0.1, -0.05) is 11.6 Å². The lowest BCUT2D eigenvalue weighted by molar-refractivity contribution is 0.205. The van der Waals surface area contributed by atoms with Gasteiger partial charge in [-0.05, 0) is 12.8 Å². The normalized spacial score (nSPS) is 15.9. The Bertz CT molecular complexity index is 301. The fourth-order valence-electron chi connectivity index (χ4n) is 1.39. The van der Waals surface area contributed by atoms with Crippen LogP contribution in [-0.2, 0) is 4.74 Å². The van der Waals surface area contributed by atoms with E-state index in [1.165, 1.54) is 12.8 Å². The molecule has 1 fully saturated rings. The number of thiazole rings is 1. The van der Waals surface area contributed by atoms with Crippen LogP contribution in [0.2, 0.25) is 5.15 Å². The van der Waals surface area contributed by atoms with E-state index < -0.39 is 0 Å². The molecule has 0 bridgehead atoms. The maximum Gasteiger partial charge on any atom is 0.187 e. The standard InChI is InChI=1S/C9H13ClN2OS/c1-13-5-4-12(7-2-3-7)9-11-8(10)6-14-9/h6-7H,2-5H2,1H3. The van der Waals surface area contributed by atoms with Gasteiger partial charge in [-0.3, -0.25) is 0 Å². The Balaban J connectivity index is 2.02. The Kier molecular flexibility index (Phi) is 3.26. The summed E-state index contributed by atoms with van der Waals surface area (Å²) in [5, 5.41) is 3.49. The molecule has 0 atom stereocenters. The first kappa shape index (κ1) is 10.2. The van der Waals surface area contributed by atoms with Crippen molar-refractivity contribution in [2.24, 2.45) is 0 Å². The molecule has 0 unspecified atom stereocenters. The third kappa shape index (κ3) is 2.38. The van der Waals surface area contributed by atoms with Gasteiger partial charge in [0.1, 0.15) is 5.15 Å². The van der Waals surface area contributed by atoms with Gasteiger partial charge in [-0.2, -0.15) is 0 Å². The fraction of sp³-hybridized carbons (Fsp3) is 0.667. The van der Waals surface area contributed by atoms with Gasteiger partial charge in [0, 0.05) is 25.1 Å². The molecule has 1 aliphatic carbocycles. The van der Waals surface area contributed by atoms with Gasteiger partial charge >= 0.3 is 0 Å². The molecule has 0 N–H and O–H groups in total. The highest BCUT2D eigenvalue weighted by Gasteiger charge is 2.30. The van der Waals surface area contributed by atoms with E-state index in [0.29, 0.717) is 11.2 Å². The predicted octanol–water partition coefficient (Wildman–Crippen LogP) is 2.41. The van der Waals surface area contributed by atoms with Gasteiger partial charge in [-0.25, -0.2) is 4.98 Å². The van der Waals surface area contributed by atoms with E-state index in [1.807, 2.05) is 5.38 Å². The average Bonchev–Trinajstić information content (AvgIpc) is 2.91. The van der Waals surface area contributed by atoms with Crippen molar-refractivity contribution in [3.05, 3.63) is 10.5 Å². The summed E-state index contributed by atoms with van der Waals surface area (Å²) in [5.41, 5.74) is 0. The zero-order valence-electron chi connectivity index (χ0n) is 8.07. The lowest BCUT2D eigenvalue weighted by Crippen LogP contribution is -2.29. The number of hydrogen-bond donors (Lipinski definition) is 0. The Morgan fingerprint density at radius 1 is 1.71 bits per heavy atom. The number of nitrogens with zero attached hydrogens (tertiary/aromatic N) is 2. The van der Waals surface area contributed by atoms with Crippen molar-refractivity contribution in [3.8, 4) is 0 Å². The van der Waals surface area contributed by atoms with Gasteiger partial charge < -0.3 is 9.64 Å². The van der Waals surface area contributed by atoms with Crippen LogP contribution in [-0.4, -0.2) is 31.3 Å². The van der Waals surface area contributed by atoms with E-state index in [0.717, 1.165) is 18.3 Å². The predicted molar refractivity (Wildman–Crippen MR) is 59.4 cm³/mol. The molecule has 1 saturated carbocycles. The number of halogens is 1. The van der Waals surface area contributed by atoms with Crippen LogP contribution >= 0.6 is 22.9 Å². The molecule has 78 valence electrons. The van der Waals surface area contributed by atoms with E-state index in [1.54, 1.807) is 18.4 Å². The van der Waals surface area contributed by atoms with Gasteiger partial charge in [-0.15, -0.1) is 11.3 Å². The van der Waals surface area contributed by atoms with Crippen molar-refractivity contribution in [1.82, 2.24) is 4.98 Å². The summed E-state index contributed by atoms with van der Waals surface area (Å²) in [6, 6.07) is 0.660. The molecule has 0 amide bonds. The van der Waals surface area contributed by atoms with Gasteiger partial charge in [0.25, 0.3) is 0 Å². The van der Waals surface area contributed by atoms with Crippen molar-refractivity contribution in [1.29, 1.82) is 0 Å². The fourth-order valence-corrected chi connectivity index (χ4v) is 2.43. The molecule has 0 radical (unpaired) electrons. The molecular weight excluding hydrogens is 220 g/mol. The van der Waals surface area contributed by atoms with Crippen molar-refractivity contribution >= 4 is 28.1 Å². The van der Waals surface area contributed by atoms with E-state index in [-0.39, 0.29) is 0 Å². The van der Waals surface area contributed by atoms with Crippen molar-refractivity contribution in [2.45, 2.75) is 18.9 Å². The highest BCUT2D eigenvalue weighted by molar-refractivity contribution is 7.14. The number of rotatable bonds is 5. The maximum absolute atomic E-state index is 5.80. The minimum atomic E-state index is 0.591. The molecule has 0 spiro atoms. The van der Waals surface area contributed by atoms with E-state index >= 15 is 0 Å². The highest BCUT2D eigenvalue weighted by Crippen LogP contribution is 2.33. The van der Waals surface area contributed by atoms with Crippen LogP contribution < -0.4 is 4.90 Å². The molecule has 0 aliphatic heterocycles. The van der Waals surface area contributed by atoms with E-state index in [4.69, 9.17) is 16.3 Å². The van der Waals surface area contributed by atoms with Crippen LogP contribution in [0.25, 0.3) is 0 Å². The summed E-state index contributed by atoms with van der Waals surface area (Å²) >= 11 is 7.41. The Morgan fingerprint density at radius 2 is 2.50 bits per heavy atom. The quantitative estimate of drug-likeness (QED) is 0.780. The minimum Gasteiger partial charge on any atom is -0.383 e. The third-order valence-electron chi connectivity index (χ3n) is 2.23. The Hall–Kier alpha value is -0.320. The molecule has 1 aromatic heterocycles. The second-order valence-electron chi connectivity index (χ2n) is 3.37. The van der Waals surface area contributed by atoms with E-state index in [2.05, 4.69) is 9.88 Å². The Labute approximate surface area is 92.7 Å². The molecule has 1 aliphatic rings. The van der Waals surface area contributed by atoms with Gasteiger partial charge in [0.15, 0.2) is 5.13 Å². The van der Waals surface area contributed by atoms with Crippen LogP contribution in [0.3, 0.4) is 0 Å². The zero-order chi connectivity index (χ0) is 9.97. The van der Waals surface area contributed by atoms with E-state index in [9.17, 15) is 0 Å². The van der Waals surface area contributed by atoms with Crippen LogP contribution in [0.5, 0.6) is 0 Å². The third-order valence-corrected chi connectivity index (χ3v) is 3.43. The summed E-state index contributed by atoms with van der Waals surface area (Å²) in [6.45, 7) is 1.65. The largest absolute Gasteiger partial charge is 0.383 e. The molecule has 5 heteroatoms. The van der Waals surface area contributed by atoms with Crippen molar-refractivity contribution < 1.29 is 4.74 Å². The number of anilines is 1. The van der Waals surface area contributed by atoms with Crippen LogP contribution in [0.1, 0.15) is 12.8 Å². The van der Waals surface area contributed by atoms with Crippen LogP contribution in [0, 0.1) is 0 Å². The lowest BCUT2D eigenvalue weighted by Gasteiger charge is -2.20. The molecule has 0 aromatic carbocycles. The number of methoxy groups -OCH3 is 1. The summed E-state index contributed by atoms with van der Waals surface area (Å²) < 4.78 is 5.08. The molecule has 1 aromatic rings. The topological polar surface area (TPSA) is 25.4 Å². The highest BCUT2D eigenvalue weighted by atomic mass is 35.5. The molecule has 3 nitrogen and oxygen atoms in total. The van der Waals surface area contributed by atoms with Crippen molar-refractivity contribution in [2.75, 3.05) is 25.2 Å². The average molecular weight is 233 g/mol. The second-order valence-corrected chi connectivity index (χ2v) is 4.59.